The number of ether oxygens (including phenoxy) is 1. The maximum Gasteiger partial charge on any atom is 0.315 e. The highest BCUT2D eigenvalue weighted by molar-refractivity contribution is 5.84. The first-order chi connectivity index (χ1) is 18.0. The summed E-state index contributed by atoms with van der Waals surface area (Å²) in [5, 5.41) is 14.9. The van der Waals surface area contributed by atoms with E-state index in [0.717, 1.165) is 28.2 Å². The van der Waals surface area contributed by atoms with E-state index in [1.54, 1.807) is 4.90 Å². The van der Waals surface area contributed by atoms with E-state index >= 15 is 0 Å². The molecule has 4 rings (SSSR count). The molecule has 1 aromatic heterocycles. The van der Waals surface area contributed by atoms with Crippen LogP contribution in [0.5, 0.6) is 0 Å². The Hall–Kier alpha value is -3.38. The molecular weight excluding hydrogens is 498 g/mol. The van der Waals surface area contributed by atoms with Crippen molar-refractivity contribution in [2.75, 3.05) is 37.7 Å². The molecule has 1 atom stereocenters. The summed E-state index contributed by atoms with van der Waals surface area (Å²) < 4.78 is 30.1. The molecule has 0 unspecified atom stereocenters. The highest BCUT2D eigenvalue weighted by Crippen LogP contribution is 2.32. The number of halogens is 2. The Bertz CT molecular complexity index is 1160. The van der Waals surface area contributed by atoms with E-state index in [1.165, 1.54) is 13.8 Å². The van der Waals surface area contributed by atoms with Crippen molar-refractivity contribution >= 4 is 17.8 Å². The summed E-state index contributed by atoms with van der Waals surface area (Å²) in [5.74, 6) is 0.987. The van der Waals surface area contributed by atoms with Gasteiger partial charge in [0.2, 0.25) is 0 Å². The zero-order valence-corrected chi connectivity index (χ0v) is 21.8. The number of aromatic nitrogens is 2. The molecule has 38 heavy (non-hydrogen) atoms. The molecule has 2 aliphatic rings. The molecule has 12 heteroatoms. The summed E-state index contributed by atoms with van der Waals surface area (Å²) in [4.78, 5) is 38.1. The highest BCUT2D eigenvalue weighted by Gasteiger charge is 2.34. The average Bonchev–Trinajstić information content (AvgIpc) is 2.89. The maximum absolute atomic E-state index is 12.8. The van der Waals surface area contributed by atoms with Crippen LogP contribution in [0.15, 0.2) is 24.3 Å². The molecule has 10 nitrogen and oxygen atoms in total. The minimum absolute atomic E-state index is 0.122. The zero-order chi connectivity index (χ0) is 27.4. The highest BCUT2D eigenvalue weighted by atomic mass is 19.3. The maximum atomic E-state index is 12.8. The van der Waals surface area contributed by atoms with E-state index in [4.69, 9.17) is 14.7 Å². The monoisotopic (exact) mass is 532 g/mol. The number of carbonyl (C=O) groups excluding carboxylic acids is 2. The second kappa shape index (κ2) is 11.6. The van der Waals surface area contributed by atoms with Crippen molar-refractivity contribution in [3.8, 4) is 11.4 Å². The molecule has 3 amide bonds. The van der Waals surface area contributed by atoms with E-state index < -0.39 is 24.6 Å². The molecular formula is C26H34F2N6O4. The third-order valence-corrected chi connectivity index (χ3v) is 6.58. The number of amides is 3. The van der Waals surface area contributed by atoms with Crippen molar-refractivity contribution < 1.29 is 28.2 Å². The van der Waals surface area contributed by atoms with Crippen LogP contribution in [0.2, 0.25) is 0 Å². The molecule has 0 spiro atoms. The fourth-order valence-electron chi connectivity index (χ4n) is 4.57. The molecule has 1 aromatic carbocycles. The zero-order valence-electron chi connectivity index (χ0n) is 21.8. The number of alkyl halides is 2. The van der Waals surface area contributed by atoms with Gasteiger partial charge in [-0.15, -0.1) is 0 Å². The minimum atomic E-state index is -2.61. The van der Waals surface area contributed by atoms with Gasteiger partial charge in [0.1, 0.15) is 11.4 Å². The number of rotatable bonds is 7. The van der Waals surface area contributed by atoms with Crippen LogP contribution in [0.3, 0.4) is 0 Å². The predicted molar refractivity (Wildman–Crippen MR) is 137 cm³/mol. The average molecular weight is 533 g/mol. The smallest absolute Gasteiger partial charge is 0.315 e. The van der Waals surface area contributed by atoms with Crippen LogP contribution in [0.1, 0.15) is 37.6 Å². The number of hydrogen-bond donors (Lipinski definition) is 3. The lowest BCUT2D eigenvalue weighted by Gasteiger charge is -2.38. The molecule has 1 fully saturated rings. The lowest BCUT2D eigenvalue weighted by Crippen LogP contribution is -2.48. The number of benzene rings is 1. The number of morpholine rings is 1. The molecule has 206 valence electrons. The predicted octanol–water partition coefficient (Wildman–Crippen LogP) is 2.09. The summed E-state index contributed by atoms with van der Waals surface area (Å²) in [6, 6.07) is 6.76. The first-order valence-electron chi connectivity index (χ1n) is 12.7. The van der Waals surface area contributed by atoms with Crippen molar-refractivity contribution in [3.05, 3.63) is 41.1 Å². The first kappa shape index (κ1) is 27.6. The van der Waals surface area contributed by atoms with Crippen molar-refractivity contribution in [2.45, 2.75) is 58.3 Å². The molecule has 3 N–H and O–H groups in total. The number of fused-ring (bicyclic) bond motifs is 1. The molecule has 2 aromatic rings. The number of carbonyl (C=O) groups is 2. The van der Waals surface area contributed by atoms with Gasteiger partial charge in [-0.2, -0.15) is 0 Å². The topological polar surface area (TPSA) is 120 Å². The van der Waals surface area contributed by atoms with Crippen molar-refractivity contribution in [1.29, 1.82) is 0 Å². The quantitative estimate of drug-likeness (QED) is 0.500. The second-order valence-corrected chi connectivity index (χ2v) is 10.1. The van der Waals surface area contributed by atoms with Gasteiger partial charge in [0.25, 0.3) is 12.3 Å². The molecule has 0 radical (unpaired) electrons. The number of nitrogens with zero attached hydrogens (tertiary/aromatic N) is 4. The Morgan fingerprint density at radius 3 is 2.58 bits per heavy atom. The van der Waals surface area contributed by atoms with Crippen LogP contribution in [0, 0.1) is 0 Å². The molecule has 0 aliphatic carbocycles. The third kappa shape index (κ3) is 6.54. The van der Waals surface area contributed by atoms with Crippen molar-refractivity contribution in [1.82, 2.24) is 25.5 Å². The normalized spacial score (nSPS) is 17.8. The number of urea groups is 1. The standard InChI is InChI=1S/C26H34F2N6O4/c1-16-15-38-11-10-34(16)23-19-8-9-33(24(35)26(2,3)37)14-20(19)31-22(32-23)18-6-4-17(5-7-18)12-29-25(36)30-13-21(27)28/h4-7,16,21,37H,8-15H2,1-3H3,(H2,29,30,36)/t16-/m0/s1. The van der Waals surface area contributed by atoms with Gasteiger partial charge >= 0.3 is 6.03 Å². The van der Waals surface area contributed by atoms with E-state index in [1.807, 2.05) is 24.3 Å². The molecule has 3 heterocycles. The fourth-order valence-corrected chi connectivity index (χ4v) is 4.57. The largest absolute Gasteiger partial charge is 0.381 e. The van der Waals surface area contributed by atoms with Crippen LogP contribution < -0.4 is 15.5 Å². The Balaban J connectivity index is 1.59. The summed E-state index contributed by atoms with van der Waals surface area (Å²) in [6.45, 7) is 7.12. The lowest BCUT2D eigenvalue weighted by atomic mass is 10.0. The van der Waals surface area contributed by atoms with Crippen LogP contribution in [0.4, 0.5) is 19.4 Å². The van der Waals surface area contributed by atoms with Gasteiger partial charge in [-0.05, 0) is 32.8 Å². The Labute approximate surface area is 220 Å². The number of hydrogen-bond acceptors (Lipinski definition) is 7. The van der Waals surface area contributed by atoms with E-state index in [9.17, 15) is 23.5 Å². The first-order valence-corrected chi connectivity index (χ1v) is 12.7. The lowest BCUT2D eigenvalue weighted by molar-refractivity contribution is -0.148. The van der Waals surface area contributed by atoms with E-state index in [0.29, 0.717) is 38.5 Å². The second-order valence-electron chi connectivity index (χ2n) is 10.1. The molecule has 0 saturated carbocycles. The summed E-state index contributed by atoms with van der Waals surface area (Å²) in [5.41, 5.74) is 1.80. The molecule has 2 aliphatic heterocycles. The Morgan fingerprint density at radius 2 is 1.92 bits per heavy atom. The van der Waals surface area contributed by atoms with Gasteiger partial charge in [0.15, 0.2) is 5.82 Å². The summed E-state index contributed by atoms with van der Waals surface area (Å²) in [6.07, 6.45) is -2.03. The summed E-state index contributed by atoms with van der Waals surface area (Å²) in [7, 11) is 0. The van der Waals surface area contributed by atoms with Gasteiger partial charge < -0.3 is 30.3 Å². The SMILES string of the molecule is C[C@H]1COCCN1c1nc(-c2ccc(CNC(=O)NCC(F)F)cc2)nc2c1CCN(C(=O)C(C)(C)O)C2. The molecule has 0 bridgehead atoms. The summed E-state index contributed by atoms with van der Waals surface area (Å²) >= 11 is 0. The van der Waals surface area contributed by atoms with Gasteiger partial charge in [0.05, 0.1) is 38.0 Å². The van der Waals surface area contributed by atoms with Gasteiger partial charge in [-0.3, -0.25) is 4.79 Å². The van der Waals surface area contributed by atoms with Crippen LogP contribution in [-0.4, -0.2) is 82.8 Å². The van der Waals surface area contributed by atoms with Crippen molar-refractivity contribution in [3.63, 3.8) is 0 Å². The van der Waals surface area contributed by atoms with Crippen LogP contribution in [0.25, 0.3) is 11.4 Å². The number of nitrogens with one attached hydrogen (secondary N) is 2. The van der Waals surface area contributed by atoms with Gasteiger partial charge in [-0.1, -0.05) is 24.3 Å². The van der Waals surface area contributed by atoms with Crippen molar-refractivity contribution in [2.24, 2.45) is 0 Å². The van der Waals surface area contributed by atoms with Crippen LogP contribution in [-0.2, 0) is 29.0 Å². The molecule has 1 saturated heterocycles. The van der Waals surface area contributed by atoms with Gasteiger partial charge in [-0.25, -0.2) is 23.5 Å². The fraction of sp³-hybridized carbons (Fsp3) is 0.538. The number of aliphatic hydroxyl groups is 1. The van der Waals surface area contributed by atoms with Crippen LogP contribution >= 0.6 is 0 Å². The number of anilines is 1. The van der Waals surface area contributed by atoms with E-state index in [-0.39, 0.29) is 25.0 Å². The van der Waals surface area contributed by atoms with Gasteiger partial charge in [0, 0.05) is 30.8 Å². The Kier molecular flexibility index (Phi) is 8.41. The Morgan fingerprint density at radius 1 is 1.18 bits per heavy atom. The third-order valence-electron chi connectivity index (χ3n) is 6.58. The minimum Gasteiger partial charge on any atom is -0.381 e. The van der Waals surface area contributed by atoms with E-state index in [2.05, 4.69) is 22.5 Å².